The van der Waals surface area contributed by atoms with E-state index in [1.54, 1.807) is 18.2 Å². The predicted molar refractivity (Wildman–Crippen MR) is 115 cm³/mol. The second-order valence-electron chi connectivity index (χ2n) is 7.08. The maximum atomic E-state index is 13.1. The smallest absolute Gasteiger partial charge is 0.343 e. The van der Waals surface area contributed by atoms with Gasteiger partial charge in [-0.2, -0.15) is 0 Å². The van der Waals surface area contributed by atoms with Gasteiger partial charge in [0.05, 0.1) is 19.9 Å². The van der Waals surface area contributed by atoms with Gasteiger partial charge in [-0.25, -0.2) is 14.5 Å². The van der Waals surface area contributed by atoms with Crippen molar-refractivity contribution in [1.82, 2.24) is 5.32 Å². The van der Waals surface area contributed by atoms with E-state index >= 15 is 0 Å². The molecule has 1 N–H and O–H groups in total. The zero-order valence-electron chi connectivity index (χ0n) is 18.1. The number of methoxy groups -OCH3 is 2. The predicted octanol–water partition coefficient (Wildman–Crippen LogP) is 2.53. The molecule has 2 aromatic carbocycles. The Hall–Kier alpha value is -4.14. The molecule has 0 aliphatic carbocycles. The number of esters is 1. The molecule has 1 aliphatic rings. The van der Waals surface area contributed by atoms with Crippen LogP contribution in [0.1, 0.15) is 16.7 Å². The van der Waals surface area contributed by atoms with Crippen LogP contribution in [0.15, 0.2) is 42.0 Å². The van der Waals surface area contributed by atoms with E-state index < -0.39 is 23.8 Å². The number of nitrogens with zero attached hydrogens (tertiary/aromatic N) is 1. The van der Waals surface area contributed by atoms with Crippen molar-refractivity contribution in [1.29, 1.82) is 0 Å². The SMILES string of the molecule is COC(=O)COc1ccc(C=C2C(=O)NC(=O)N(c3cc(C)cc(C)c3)C2=O)cc1OC. The number of barbiturate groups is 1. The lowest BCUT2D eigenvalue weighted by molar-refractivity contribution is -0.143. The van der Waals surface area contributed by atoms with Gasteiger partial charge in [-0.15, -0.1) is 0 Å². The van der Waals surface area contributed by atoms with Gasteiger partial charge in [0.2, 0.25) is 0 Å². The first-order chi connectivity index (χ1) is 15.2. The Morgan fingerprint density at radius 2 is 1.69 bits per heavy atom. The third-order valence-electron chi connectivity index (χ3n) is 4.64. The number of carbonyl (C=O) groups excluding carboxylic acids is 4. The Labute approximate surface area is 184 Å². The minimum Gasteiger partial charge on any atom is -0.493 e. The van der Waals surface area contributed by atoms with Crippen LogP contribution in [0.3, 0.4) is 0 Å². The number of ether oxygens (including phenoxy) is 3. The number of urea groups is 1. The molecule has 0 bridgehead atoms. The van der Waals surface area contributed by atoms with Crippen LogP contribution in [-0.2, 0) is 19.1 Å². The molecule has 0 unspecified atom stereocenters. The number of carbonyl (C=O) groups is 4. The highest BCUT2D eigenvalue weighted by Gasteiger charge is 2.37. The largest absolute Gasteiger partial charge is 0.493 e. The van der Waals surface area contributed by atoms with Crippen LogP contribution < -0.4 is 19.7 Å². The fourth-order valence-electron chi connectivity index (χ4n) is 3.23. The number of rotatable bonds is 6. The Morgan fingerprint density at radius 3 is 2.31 bits per heavy atom. The number of aryl methyl sites for hydroxylation is 2. The first kappa shape index (κ1) is 22.5. The summed E-state index contributed by atoms with van der Waals surface area (Å²) in [4.78, 5) is 50.1. The van der Waals surface area contributed by atoms with Gasteiger partial charge in [-0.1, -0.05) is 12.1 Å². The second-order valence-corrected chi connectivity index (χ2v) is 7.08. The molecular weight excluding hydrogens is 416 g/mol. The maximum Gasteiger partial charge on any atom is 0.343 e. The van der Waals surface area contributed by atoms with Gasteiger partial charge in [0.1, 0.15) is 5.57 Å². The monoisotopic (exact) mass is 438 g/mol. The van der Waals surface area contributed by atoms with Crippen LogP contribution >= 0.6 is 0 Å². The highest BCUT2D eigenvalue weighted by atomic mass is 16.6. The summed E-state index contributed by atoms with van der Waals surface area (Å²) in [7, 11) is 2.66. The summed E-state index contributed by atoms with van der Waals surface area (Å²) in [5, 5.41) is 2.20. The fraction of sp³-hybridized carbons (Fsp3) is 0.217. The lowest BCUT2D eigenvalue weighted by Gasteiger charge is -2.27. The zero-order chi connectivity index (χ0) is 23.4. The summed E-state index contributed by atoms with van der Waals surface area (Å²) < 4.78 is 15.2. The highest BCUT2D eigenvalue weighted by Crippen LogP contribution is 2.30. The first-order valence-electron chi connectivity index (χ1n) is 9.61. The lowest BCUT2D eigenvalue weighted by Crippen LogP contribution is -2.54. The molecule has 1 saturated heterocycles. The molecule has 32 heavy (non-hydrogen) atoms. The molecule has 4 amide bonds. The van der Waals surface area contributed by atoms with Gasteiger partial charge in [0.25, 0.3) is 11.8 Å². The molecule has 3 rings (SSSR count). The van der Waals surface area contributed by atoms with E-state index in [0.29, 0.717) is 11.3 Å². The van der Waals surface area contributed by atoms with E-state index in [1.165, 1.54) is 32.4 Å². The van der Waals surface area contributed by atoms with Crippen molar-refractivity contribution in [3.05, 3.63) is 58.7 Å². The summed E-state index contributed by atoms with van der Waals surface area (Å²) >= 11 is 0. The summed E-state index contributed by atoms with van der Waals surface area (Å²) in [5.74, 6) is -1.53. The zero-order valence-corrected chi connectivity index (χ0v) is 18.1. The number of hydrogen-bond donors (Lipinski definition) is 1. The summed E-state index contributed by atoms with van der Waals surface area (Å²) in [5.41, 5.74) is 2.35. The molecule has 0 radical (unpaired) electrons. The minimum atomic E-state index is -0.814. The molecule has 0 spiro atoms. The number of imide groups is 2. The Morgan fingerprint density at radius 1 is 1.00 bits per heavy atom. The Balaban J connectivity index is 1.94. The Bertz CT molecular complexity index is 1120. The molecule has 0 saturated carbocycles. The van der Waals surface area contributed by atoms with E-state index in [2.05, 4.69) is 10.1 Å². The van der Waals surface area contributed by atoms with E-state index in [4.69, 9.17) is 9.47 Å². The first-order valence-corrected chi connectivity index (χ1v) is 9.61. The van der Waals surface area contributed by atoms with Crippen LogP contribution in [0.4, 0.5) is 10.5 Å². The second kappa shape index (κ2) is 9.34. The van der Waals surface area contributed by atoms with Crippen LogP contribution in [0.5, 0.6) is 11.5 Å². The summed E-state index contributed by atoms with van der Waals surface area (Å²) in [6.45, 7) is 3.39. The van der Waals surface area contributed by atoms with Gasteiger partial charge in [0.15, 0.2) is 18.1 Å². The van der Waals surface area contributed by atoms with E-state index in [1.807, 2.05) is 19.9 Å². The molecule has 166 valence electrons. The Kier molecular flexibility index (Phi) is 6.58. The van der Waals surface area contributed by atoms with E-state index in [9.17, 15) is 19.2 Å². The van der Waals surface area contributed by atoms with Gasteiger partial charge in [-0.3, -0.25) is 14.9 Å². The number of nitrogens with one attached hydrogen (secondary N) is 1. The van der Waals surface area contributed by atoms with E-state index in [-0.39, 0.29) is 23.7 Å². The minimum absolute atomic E-state index is 0.214. The average Bonchev–Trinajstić information content (AvgIpc) is 2.74. The van der Waals surface area contributed by atoms with Crippen molar-refractivity contribution >= 4 is 35.6 Å². The molecule has 0 atom stereocenters. The molecule has 1 aliphatic heterocycles. The summed E-state index contributed by atoms with van der Waals surface area (Å²) in [6, 6.07) is 9.13. The van der Waals surface area contributed by atoms with Crippen LogP contribution in [0.25, 0.3) is 6.08 Å². The molecule has 9 nitrogen and oxygen atoms in total. The standard InChI is InChI=1S/C23H22N2O7/c1-13-7-14(2)9-16(8-13)25-22(28)17(21(27)24-23(25)29)10-15-5-6-18(19(11-15)30-3)32-12-20(26)31-4/h5-11H,12H2,1-4H3,(H,24,27,29). The van der Waals surface area contributed by atoms with Gasteiger partial charge in [0, 0.05) is 0 Å². The number of hydrogen-bond acceptors (Lipinski definition) is 7. The average molecular weight is 438 g/mol. The van der Waals surface area contributed by atoms with Crippen molar-refractivity contribution in [3.63, 3.8) is 0 Å². The van der Waals surface area contributed by atoms with Crippen LogP contribution in [0, 0.1) is 13.8 Å². The molecular formula is C23H22N2O7. The topological polar surface area (TPSA) is 111 Å². The van der Waals surface area contributed by atoms with E-state index in [0.717, 1.165) is 16.0 Å². The van der Waals surface area contributed by atoms with Crippen LogP contribution in [0.2, 0.25) is 0 Å². The normalized spacial score (nSPS) is 14.9. The lowest BCUT2D eigenvalue weighted by atomic mass is 10.0. The van der Waals surface area contributed by atoms with Crippen molar-refractivity contribution in [3.8, 4) is 11.5 Å². The number of amides is 4. The van der Waals surface area contributed by atoms with Crippen molar-refractivity contribution < 1.29 is 33.4 Å². The van der Waals surface area contributed by atoms with Crippen molar-refractivity contribution in [2.75, 3.05) is 25.7 Å². The molecule has 2 aromatic rings. The quantitative estimate of drug-likeness (QED) is 0.419. The molecule has 1 heterocycles. The fourth-order valence-corrected chi connectivity index (χ4v) is 3.23. The number of benzene rings is 2. The van der Waals surface area contributed by atoms with Gasteiger partial charge in [-0.05, 0) is 60.9 Å². The third kappa shape index (κ3) is 4.77. The van der Waals surface area contributed by atoms with Crippen LogP contribution in [-0.4, -0.2) is 44.6 Å². The van der Waals surface area contributed by atoms with Gasteiger partial charge >= 0.3 is 12.0 Å². The third-order valence-corrected chi connectivity index (χ3v) is 4.64. The van der Waals surface area contributed by atoms with Crippen molar-refractivity contribution in [2.45, 2.75) is 13.8 Å². The molecule has 0 aromatic heterocycles. The number of anilines is 1. The van der Waals surface area contributed by atoms with Gasteiger partial charge < -0.3 is 14.2 Å². The summed E-state index contributed by atoms with van der Waals surface area (Å²) in [6.07, 6.45) is 1.35. The maximum absolute atomic E-state index is 13.1. The van der Waals surface area contributed by atoms with Crippen molar-refractivity contribution in [2.24, 2.45) is 0 Å². The molecule has 1 fully saturated rings. The molecule has 9 heteroatoms. The highest BCUT2D eigenvalue weighted by molar-refractivity contribution is 6.39.